The molecule has 0 bridgehead atoms. The molecule has 2 aromatic rings. The van der Waals surface area contributed by atoms with Crippen LogP contribution in [0.5, 0.6) is 0 Å². The molecule has 0 saturated carbocycles. The summed E-state index contributed by atoms with van der Waals surface area (Å²) in [5, 5.41) is 3.05. The summed E-state index contributed by atoms with van der Waals surface area (Å²) < 4.78 is 0. The quantitative estimate of drug-likeness (QED) is 0.590. The first-order valence-corrected chi connectivity index (χ1v) is 10.3. The van der Waals surface area contributed by atoms with Gasteiger partial charge < -0.3 is 10.2 Å². The van der Waals surface area contributed by atoms with Crippen molar-refractivity contribution < 1.29 is 9.59 Å². The van der Waals surface area contributed by atoms with Crippen LogP contribution in [0.25, 0.3) is 0 Å². The van der Waals surface area contributed by atoms with E-state index in [9.17, 15) is 9.59 Å². The van der Waals surface area contributed by atoms with E-state index in [1.165, 1.54) is 0 Å². The second kappa shape index (κ2) is 12.0. The van der Waals surface area contributed by atoms with E-state index < -0.39 is 6.04 Å². The van der Waals surface area contributed by atoms with E-state index in [0.717, 1.165) is 30.4 Å². The van der Waals surface area contributed by atoms with Crippen molar-refractivity contribution in [1.82, 2.24) is 10.2 Å². The minimum atomic E-state index is -0.517. The van der Waals surface area contributed by atoms with Gasteiger partial charge in [-0.1, -0.05) is 87.4 Å². The molecular weight excluding hydrogens is 348 g/mol. The van der Waals surface area contributed by atoms with E-state index in [-0.39, 0.29) is 11.8 Å². The minimum absolute atomic E-state index is 0.00603. The standard InChI is InChI=1S/C24H32N2O2/c1-3-5-12-17-25-24(28)22(18-20-13-8-6-9-14-20)26(23(27)4-2)19-21-15-10-7-11-16-21/h6-11,13-16,22H,3-5,12,17-19H2,1-2H3,(H,25,28)/t22-/m0/s1. The lowest BCUT2D eigenvalue weighted by atomic mass is 10.0. The van der Waals surface area contributed by atoms with Crippen molar-refractivity contribution in [3.05, 3.63) is 71.8 Å². The number of carbonyl (C=O) groups excluding carboxylic acids is 2. The molecule has 1 N–H and O–H groups in total. The molecular formula is C24H32N2O2. The van der Waals surface area contributed by atoms with Crippen molar-refractivity contribution >= 4 is 11.8 Å². The number of hydrogen-bond donors (Lipinski definition) is 1. The Bertz CT molecular complexity index is 716. The average Bonchev–Trinajstić information content (AvgIpc) is 2.74. The molecule has 0 aliphatic heterocycles. The van der Waals surface area contributed by atoms with Crippen LogP contribution in [0.2, 0.25) is 0 Å². The minimum Gasteiger partial charge on any atom is -0.354 e. The van der Waals surface area contributed by atoms with Crippen LogP contribution in [0, 0.1) is 0 Å². The summed E-state index contributed by atoms with van der Waals surface area (Å²) in [4.78, 5) is 27.6. The third kappa shape index (κ3) is 6.84. The molecule has 0 radical (unpaired) electrons. The van der Waals surface area contributed by atoms with E-state index in [4.69, 9.17) is 0 Å². The molecule has 4 heteroatoms. The fourth-order valence-corrected chi connectivity index (χ4v) is 3.24. The van der Waals surface area contributed by atoms with Gasteiger partial charge in [-0.25, -0.2) is 0 Å². The first-order chi connectivity index (χ1) is 13.7. The summed E-state index contributed by atoms with van der Waals surface area (Å²) >= 11 is 0. The van der Waals surface area contributed by atoms with Gasteiger partial charge in [0.1, 0.15) is 6.04 Å². The molecule has 2 rings (SSSR count). The molecule has 150 valence electrons. The van der Waals surface area contributed by atoms with Gasteiger partial charge in [0.25, 0.3) is 0 Å². The fourth-order valence-electron chi connectivity index (χ4n) is 3.24. The first-order valence-electron chi connectivity index (χ1n) is 10.3. The highest BCUT2D eigenvalue weighted by Crippen LogP contribution is 2.15. The topological polar surface area (TPSA) is 49.4 Å². The summed E-state index contributed by atoms with van der Waals surface area (Å²) in [5.74, 6) is -0.0776. The second-order valence-corrected chi connectivity index (χ2v) is 7.06. The van der Waals surface area contributed by atoms with Gasteiger partial charge in [-0.3, -0.25) is 9.59 Å². The number of benzene rings is 2. The van der Waals surface area contributed by atoms with E-state index in [0.29, 0.717) is 25.9 Å². The van der Waals surface area contributed by atoms with Gasteiger partial charge in [0, 0.05) is 25.9 Å². The largest absolute Gasteiger partial charge is 0.354 e. The Hall–Kier alpha value is -2.62. The maximum Gasteiger partial charge on any atom is 0.243 e. The van der Waals surface area contributed by atoms with Crippen LogP contribution >= 0.6 is 0 Å². The number of hydrogen-bond acceptors (Lipinski definition) is 2. The van der Waals surface area contributed by atoms with E-state index in [1.54, 1.807) is 4.90 Å². The van der Waals surface area contributed by atoms with Crippen LogP contribution in [0.15, 0.2) is 60.7 Å². The van der Waals surface area contributed by atoms with Crippen LogP contribution in [-0.4, -0.2) is 29.3 Å². The van der Waals surface area contributed by atoms with Crippen molar-refractivity contribution in [2.45, 2.75) is 58.5 Å². The summed E-state index contributed by atoms with van der Waals surface area (Å²) in [5.41, 5.74) is 2.08. The Morgan fingerprint density at radius 2 is 1.50 bits per heavy atom. The zero-order valence-electron chi connectivity index (χ0n) is 17.1. The molecule has 0 spiro atoms. The van der Waals surface area contributed by atoms with Gasteiger partial charge >= 0.3 is 0 Å². The Labute approximate surface area is 169 Å². The lowest BCUT2D eigenvalue weighted by Gasteiger charge is -2.31. The molecule has 28 heavy (non-hydrogen) atoms. The molecule has 0 unspecified atom stereocenters. The number of nitrogens with one attached hydrogen (secondary N) is 1. The molecule has 2 amide bonds. The monoisotopic (exact) mass is 380 g/mol. The third-order valence-electron chi connectivity index (χ3n) is 4.85. The van der Waals surface area contributed by atoms with Gasteiger partial charge in [0.15, 0.2) is 0 Å². The molecule has 0 heterocycles. The maximum atomic E-state index is 13.1. The first kappa shape index (κ1) is 21.7. The Balaban J connectivity index is 2.23. The number of amides is 2. The average molecular weight is 381 g/mol. The lowest BCUT2D eigenvalue weighted by Crippen LogP contribution is -2.50. The van der Waals surface area contributed by atoms with Gasteiger partial charge in [0.2, 0.25) is 11.8 Å². The highest BCUT2D eigenvalue weighted by molar-refractivity contribution is 5.87. The van der Waals surface area contributed by atoms with Crippen LogP contribution in [0.1, 0.15) is 50.7 Å². The predicted molar refractivity (Wildman–Crippen MR) is 114 cm³/mol. The lowest BCUT2D eigenvalue weighted by molar-refractivity contribution is -0.141. The number of unbranched alkanes of at least 4 members (excludes halogenated alkanes) is 2. The Morgan fingerprint density at radius 1 is 0.893 bits per heavy atom. The van der Waals surface area contributed by atoms with Crippen LogP contribution in [-0.2, 0) is 22.6 Å². The highest BCUT2D eigenvalue weighted by atomic mass is 16.2. The predicted octanol–water partition coefficient (Wildman–Crippen LogP) is 4.34. The van der Waals surface area contributed by atoms with Gasteiger partial charge in [-0.15, -0.1) is 0 Å². The van der Waals surface area contributed by atoms with Crippen molar-refractivity contribution in [2.24, 2.45) is 0 Å². The summed E-state index contributed by atoms with van der Waals surface area (Å²) in [6.45, 7) is 5.07. The zero-order valence-corrected chi connectivity index (χ0v) is 17.1. The second-order valence-electron chi connectivity index (χ2n) is 7.06. The van der Waals surface area contributed by atoms with Crippen LogP contribution < -0.4 is 5.32 Å². The number of carbonyl (C=O) groups is 2. The molecule has 0 fully saturated rings. The molecule has 0 aliphatic rings. The zero-order chi connectivity index (χ0) is 20.2. The van der Waals surface area contributed by atoms with Crippen molar-refractivity contribution in [3.63, 3.8) is 0 Å². The van der Waals surface area contributed by atoms with Gasteiger partial charge in [-0.2, -0.15) is 0 Å². The molecule has 4 nitrogen and oxygen atoms in total. The molecule has 0 aromatic heterocycles. The summed E-state index contributed by atoms with van der Waals surface area (Å²) in [7, 11) is 0. The molecule has 2 aromatic carbocycles. The van der Waals surface area contributed by atoms with Gasteiger partial charge in [0.05, 0.1) is 0 Å². The van der Waals surface area contributed by atoms with E-state index >= 15 is 0 Å². The number of nitrogens with zero attached hydrogens (tertiary/aromatic N) is 1. The normalized spacial score (nSPS) is 11.6. The Kier molecular flexibility index (Phi) is 9.26. The van der Waals surface area contributed by atoms with Crippen molar-refractivity contribution in [2.75, 3.05) is 6.54 Å². The van der Waals surface area contributed by atoms with Gasteiger partial charge in [-0.05, 0) is 17.5 Å². The van der Waals surface area contributed by atoms with Crippen molar-refractivity contribution in [1.29, 1.82) is 0 Å². The maximum absolute atomic E-state index is 13.1. The van der Waals surface area contributed by atoms with E-state index in [2.05, 4.69) is 12.2 Å². The molecule has 0 aliphatic carbocycles. The van der Waals surface area contributed by atoms with Crippen molar-refractivity contribution in [3.8, 4) is 0 Å². The van der Waals surface area contributed by atoms with Crippen LogP contribution in [0.3, 0.4) is 0 Å². The fraction of sp³-hybridized carbons (Fsp3) is 0.417. The Morgan fingerprint density at radius 3 is 2.07 bits per heavy atom. The summed E-state index contributed by atoms with van der Waals surface area (Å²) in [6.07, 6.45) is 4.05. The molecule has 0 saturated heterocycles. The third-order valence-corrected chi connectivity index (χ3v) is 4.85. The smallest absolute Gasteiger partial charge is 0.243 e. The van der Waals surface area contributed by atoms with E-state index in [1.807, 2.05) is 67.6 Å². The number of rotatable bonds is 11. The molecule has 1 atom stereocenters. The summed E-state index contributed by atoms with van der Waals surface area (Å²) in [6, 6.07) is 19.3. The SMILES string of the molecule is CCCCCNC(=O)[C@H](Cc1ccccc1)N(Cc1ccccc1)C(=O)CC. The highest BCUT2D eigenvalue weighted by Gasteiger charge is 2.29. The van der Waals surface area contributed by atoms with Crippen LogP contribution in [0.4, 0.5) is 0 Å².